The van der Waals surface area contributed by atoms with Crippen LogP contribution in [-0.4, -0.2) is 42.8 Å². The first-order valence-electron chi connectivity index (χ1n) is 5.95. The van der Waals surface area contributed by atoms with Gasteiger partial charge in [-0.15, -0.1) is 0 Å². The largest absolute Gasteiger partial charge is 0.408 e. The van der Waals surface area contributed by atoms with Crippen LogP contribution in [0.4, 0.5) is 13.2 Å². The Morgan fingerprint density at radius 2 is 2.00 bits per heavy atom. The summed E-state index contributed by atoms with van der Waals surface area (Å²) < 4.78 is 43.5. The second-order valence-corrected chi connectivity index (χ2v) is 4.65. The van der Waals surface area contributed by atoms with Gasteiger partial charge in [-0.05, 0) is 25.7 Å². The van der Waals surface area contributed by atoms with Crippen molar-refractivity contribution in [1.82, 2.24) is 4.90 Å². The fourth-order valence-corrected chi connectivity index (χ4v) is 2.50. The zero-order valence-electron chi connectivity index (χ0n) is 9.50. The van der Waals surface area contributed by atoms with Gasteiger partial charge in [0.15, 0.2) is 0 Å². The quantitative estimate of drug-likeness (QED) is 0.713. The van der Waals surface area contributed by atoms with Gasteiger partial charge in [-0.2, -0.15) is 13.2 Å². The van der Waals surface area contributed by atoms with Crippen molar-refractivity contribution in [3.63, 3.8) is 0 Å². The summed E-state index contributed by atoms with van der Waals surface area (Å²) in [7, 11) is 0. The SMILES string of the molecule is O=C(C1CCOC1)N1CCCCC1C(F)(F)F. The first-order valence-corrected chi connectivity index (χ1v) is 5.95. The number of alkyl halides is 3. The van der Waals surface area contributed by atoms with Crippen LogP contribution in [0.1, 0.15) is 25.7 Å². The van der Waals surface area contributed by atoms with Crippen LogP contribution < -0.4 is 0 Å². The van der Waals surface area contributed by atoms with Crippen LogP contribution in [0.15, 0.2) is 0 Å². The summed E-state index contributed by atoms with van der Waals surface area (Å²) in [6.45, 7) is 0.959. The molecule has 17 heavy (non-hydrogen) atoms. The number of nitrogens with zero attached hydrogens (tertiary/aromatic N) is 1. The number of carbonyl (C=O) groups is 1. The molecule has 2 saturated heterocycles. The van der Waals surface area contributed by atoms with Crippen molar-refractivity contribution in [3.05, 3.63) is 0 Å². The van der Waals surface area contributed by atoms with Crippen molar-refractivity contribution in [3.8, 4) is 0 Å². The van der Waals surface area contributed by atoms with Gasteiger partial charge in [0.25, 0.3) is 0 Å². The molecule has 0 aromatic rings. The second kappa shape index (κ2) is 4.84. The van der Waals surface area contributed by atoms with E-state index in [1.54, 1.807) is 0 Å². The minimum absolute atomic E-state index is 0.0306. The fourth-order valence-electron chi connectivity index (χ4n) is 2.50. The summed E-state index contributed by atoms with van der Waals surface area (Å²) in [5.74, 6) is -0.762. The van der Waals surface area contributed by atoms with Gasteiger partial charge in [-0.25, -0.2) is 0 Å². The summed E-state index contributed by atoms with van der Waals surface area (Å²) in [6.07, 6.45) is -2.54. The third-order valence-corrected chi connectivity index (χ3v) is 3.44. The lowest BCUT2D eigenvalue weighted by atomic mass is 9.98. The van der Waals surface area contributed by atoms with E-state index in [0.29, 0.717) is 25.9 Å². The Morgan fingerprint density at radius 3 is 2.59 bits per heavy atom. The summed E-state index contributed by atoms with van der Waals surface area (Å²) >= 11 is 0. The molecule has 6 heteroatoms. The van der Waals surface area contributed by atoms with Gasteiger partial charge in [0, 0.05) is 13.2 Å². The molecule has 2 fully saturated rings. The number of piperidine rings is 1. The van der Waals surface area contributed by atoms with E-state index in [0.717, 1.165) is 4.90 Å². The Morgan fingerprint density at radius 1 is 1.24 bits per heavy atom. The van der Waals surface area contributed by atoms with E-state index in [1.165, 1.54) is 0 Å². The topological polar surface area (TPSA) is 29.5 Å². The normalized spacial score (nSPS) is 30.6. The van der Waals surface area contributed by atoms with Crippen LogP contribution >= 0.6 is 0 Å². The highest BCUT2D eigenvalue weighted by Crippen LogP contribution is 2.33. The minimum atomic E-state index is -4.31. The van der Waals surface area contributed by atoms with Crippen molar-refractivity contribution < 1.29 is 22.7 Å². The zero-order valence-corrected chi connectivity index (χ0v) is 9.50. The standard InChI is InChI=1S/C11H16F3NO2/c12-11(13,14)9-3-1-2-5-15(9)10(16)8-4-6-17-7-8/h8-9H,1-7H2. The molecule has 0 aromatic carbocycles. The van der Waals surface area contributed by atoms with Crippen molar-refractivity contribution in [2.45, 2.75) is 37.9 Å². The van der Waals surface area contributed by atoms with E-state index >= 15 is 0 Å². The lowest BCUT2D eigenvalue weighted by Crippen LogP contribution is -2.53. The molecule has 2 rings (SSSR count). The van der Waals surface area contributed by atoms with Crippen LogP contribution in [-0.2, 0) is 9.53 Å². The van der Waals surface area contributed by atoms with Gasteiger partial charge < -0.3 is 9.64 Å². The Kier molecular flexibility index (Phi) is 3.61. The predicted molar refractivity (Wildman–Crippen MR) is 54.3 cm³/mol. The van der Waals surface area contributed by atoms with Crippen LogP contribution in [0.5, 0.6) is 0 Å². The molecule has 0 aromatic heterocycles. The lowest BCUT2D eigenvalue weighted by Gasteiger charge is -2.37. The molecule has 2 atom stereocenters. The van der Waals surface area contributed by atoms with Crippen molar-refractivity contribution in [1.29, 1.82) is 0 Å². The molecule has 3 nitrogen and oxygen atoms in total. The van der Waals surface area contributed by atoms with E-state index in [-0.39, 0.29) is 31.4 Å². The Hall–Kier alpha value is -0.780. The molecule has 2 heterocycles. The summed E-state index contributed by atoms with van der Waals surface area (Å²) in [6, 6.07) is -1.59. The maximum atomic E-state index is 12.8. The van der Waals surface area contributed by atoms with Crippen LogP contribution in [0.25, 0.3) is 0 Å². The minimum Gasteiger partial charge on any atom is -0.381 e. The molecule has 2 unspecified atom stereocenters. The fraction of sp³-hybridized carbons (Fsp3) is 0.909. The van der Waals surface area contributed by atoms with Crippen molar-refractivity contribution in [2.24, 2.45) is 5.92 Å². The van der Waals surface area contributed by atoms with Gasteiger partial charge in [0.1, 0.15) is 6.04 Å². The van der Waals surface area contributed by atoms with E-state index in [2.05, 4.69) is 0 Å². The number of hydrogen-bond donors (Lipinski definition) is 0. The molecule has 1 amide bonds. The predicted octanol–water partition coefficient (Wildman–Crippen LogP) is 1.97. The molecule has 0 saturated carbocycles. The number of halogens is 3. The van der Waals surface area contributed by atoms with Gasteiger partial charge >= 0.3 is 6.18 Å². The molecule has 98 valence electrons. The van der Waals surface area contributed by atoms with Gasteiger partial charge in [-0.3, -0.25) is 4.79 Å². The Balaban J connectivity index is 2.07. The first kappa shape index (κ1) is 12.7. The molecule has 0 spiro atoms. The summed E-state index contributed by atoms with van der Waals surface area (Å²) in [4.78, 5) is 13.0. The van der Waals surface area contributed by atoms with Gasteiger partial charge in [0.05, 0.1) is 12.5 Å². The number of carbonyl (C=O) groups excluding carboxylic acids is 1. The molecule has 0 bridgehead atoms. The third-order valence-electron chi connectivity index (χ3n) is 3.44. The molecular weight excluding hydrogens is 235 g/mol. The van der Waals surface area contributed by atoms with E-state index in [9.17, 15) is 18.0 Å². The molecule has 0 aliphatic carbocycles. The monoisotopic (exact) mass is 251 g/mol. The van der Waals surface area contributed by atoms with E-state index in [4.69, 9.17) is 4.74 Å². The second-order valence-electron chi connectivity index (χ2n) is 4.65. The van der Waals surface area contributed by atoms with Crippen LogP contribution in [0, 0.1) is 5.92 Å². The van der Waals surface area contributed by atoms with Crippen LogP contribution in [0.2, 0.25) is 0 Å². The summed E-state index contributed by atoms with van der Waals surface area (Å²) in [5, 5.41) is 0. The van der Waals surface area contributed by atoms with Gasteiger partial charge in [0.2, 0.25) is 5.91 Å². The lowest BCUT2D eigenvalue weighted by molar-refractivity contribution is -0.197. The molecular formula is C11H16F3NO2. The number of rotatable bonds is 1. The molecule has 0 N–H and O–H groups in total. The van der Waals surface area contributed by atoms with Crippen molar-refractivity contribution >= 4 is 5.91 Å². The highest BCUT2D eigenvalue weighted by atomic mass is 19.4. The Labute approximate surface area is 97.9 Å². The highest BCUT2D eigenvalue weighted by Gasteiger charge is 2.47. The maximum absolute atomic E-state index is 12.8. The number of amides is 1. The number of ether oxygens (including phenoxy) is 1. The molecule has 2 aliphatic rings. The van der Waals surface area contributed by atoms with Gasteiger partial charge in [-0.1, -0.05) is 0 Å². The zero-order chi connectivity index (χ0) is 12.5. The average molecular weight is 251 g/mol. The highest BCUT2D eigenvalue weighted by molar-refractivity contribution is 5.79. The number of likely N-dealkylation sites (tertiary alicyclic amines) is 1. The summed E-state index contributed by atoms with van der Waals surface area (Å²) in [5.41, 5.74) is 0. The van der Waals surface area contributed by atoms with E-state index in [1.807, 2.05) is 0 Å². The smallest absolute Gasteiger partial charge is 0.381 e. The third kappa shape index (κ3) is 2.73. The molecule has 2 aliphatic heterocycles. The van der Waals surface area contributed by atoms with Crippen LogP contribution in [0.3, 0.4) is 0 Å². The van der Waals surface area contributed by atoms with E-state index < -0.39 is 12.2 Å². The maximum Gasteiger partial charge on any atom is 0.408 e. The number of hydrogen-bond acceptors (Lipinski definition) is 2. The van der Waals surface area contributed by atoms with Crippen molar-refractivity contribution in [2.75, 3.05) is 19.8 Å². The first-order chi connectivity index (χ1) is 8.00. The average Bonchev–Trinajstić information content (AvgIpc) is 2.80. The Bertz CT molecular complexity index is 287. The molecule has 0 radical (unpaired) electrons.